The third-order valence-electron chi connectivity index (χ3n) is 5.51. The van der Waals surface area contributed by atoms with Crippen LogP contribution in [0.4, 0.5) is 0 Å². The van der Waals surface area contributed by atoms with E-state index in [4.69, 9.17) is 9.73 Å². The molecule has 0 bridgehead atoms. The smallest absolute Gasteiger partial charge is 0.191 e. The molecule has 6 nitrogen and oxygen atoms in total. The number of guanidine groups is 1. The van der Waals surface area contributed by atoms with Crippen molar-refractivity contribution in [2.75, 3.05) is 26.2 Å². The van der Waals surface area contributed by atoms with Crippen LogP contribution in [0.15, 0.2) is 47.5 Å². The SMILES string of the molecule is CCNC(=NCc1ccc(O)c(OCC)c1)NC1CCN(Cc2cccc(C)c2)CC1. The Morgan fingerprint density at radius 1 is 1.13 bits per heavy atom. The van der Waals surface area contributed by atoms with Crippen LogP contribution in [-0.2, 0) is 13.1 Å². The highest BCUT2D eigenvalue weighted by Gasteiger charge is 2.20. The van der Waals surface area contributed by atoms with Crippen molar-refractivity contribution in [1.82, 2.24) is 15.5 Å². The summed E-state index contributed by atoms with van der Waals surface area (Å²) < 4.78 is 5.48. The molecule has 3 N–H and O–H groups in total. The van der Waals surface area contributed by atoms with Gasteiger partial charge in [-0.3, -0.25) is 4.90 Å². The second kappa shape index (κ2) is 11.6. The van der Waals surface area contributed by atoms with Crippen LogP contribution >= 0.6 is 0 Å². The highest BCUT2D eigenvalue weighted by molar-refractivity contribution is 5.80. The van der Waals surface area contributed by atoms with Gasteiger partial charge in [-0.1, -0.05) is 35.9 Å². The van der Waals surface area contributed by atoms with Crippen molar-refractivity contribution in [2.45, 2.75) is 52.7 Å². The number of nitrogens with zero attached hydrogens (tertiary/aromatic N) is 2. The molecule has 168 valence electrons. The van der Waals surface area contributed by atoms with Gasteiger partial charge in [-0.25, -0.2) is 4.99 Å². The Morgan fingerprint density at radius 2 is 1.94 bits per heavy atom. The number of phenols is 1. The maximum absolute atomic E-state index is 9.88. The van der Waals surface area contributed by atoms with E-state index < -0.39 is 0 Å². The molecule has 0 atom stereocenters. The highest BCUT2D eigenvalue weighted by Crippen LogP contribution is 2.27. The van der Waals surface area contributed by atoms with Crippen LogP contribution in [-0.4, -0.2) is 48.2 Å². The Hall–Kier alpha value is -2.73. The molecule has 2 aromatic rings. The summed E-state index contributed by atoms with van der Waals surface area (Å²) in [5.74, 6) is 1.51. The topological polar surface area (TPSA) is 69.1 Å². The molecular formula is C25H36N4O2. The second-order valence-electron chi connectivity index (χ2n) is 8.11. The van der Waals surface area contributed by atoms with Crippen LogP contribution in [0.3, 0.4) is 0 Å². The first-order valence-corrected chi connectivity index (χ1v) is 11.3. The quantitative estimate of drug-likeness (QED) is 0.444. The van der Waals surface area contributed by atoms with Crippen molar-refractivity contribution < 1.29 is 9.84 Å². The molecule has 0 radical (unpaired) electrons. The monoisotopic (exact) mass is 424 g/mol. The third kappa shape index (κ3) is 7.17. The maximum atomic E-state index is 9.88. The molecule has 0 aliphatic carbocycles. The number of aromatic hydroxyl groups is 1. The molecule has 1 saturated heterocycles. The lowest BCUT2D eigenvalue weighted by molar-refractivity contribution is 0.198. The predicted molar refractivity (Wildman–Crippen MR) is 127 cm³/mol. The lowest BCUT2D eigenvalue weighted by atomic mass is 10.0. The molecule has 0 amide bonds. The highest BCUT2D eigenvalue weighted by atomic mass is 16.5. The predicted octanol–water partition coefficient (Wildman–Crippen LogP) is 3.82. The summed E-state index contributed by atoms with van der Waals surface area (Å²) in [6.07, 6.45) is 2.20. The average Bonchev–Trinajstić information content (AvgIpc) is 2.76. The van der Waals surface area contributed by atoms with Crippen molar-refractivity contribution in [3.63, 3.8) is 0 Å². The molecule has 2 aromatic carbocycles. The van der Waals surface area contributed by atoms with Gasteiger partial charge in [0, 0.05) is 32.2 Å². The Balaban J connectivity index is 1.52. The van der Waals surface area contributed by atoms with E-state index in [1.807, 2.05) is 19.1 Å². The van der Waals surface area contributed by atoms with E-state index in [-0.39, 0.29) is 5.75 Å². The molecule has 1 aliphatic rings. The Morgan fingerprint density at radius 3 is 2.65 bits per heavy atom. The lowest BCUT2D eigenvalue weighted by Crippen LogP contribution is -2.48. The van der Waals surface area contributed by atoms with Gasteiger partial charge in [0.2, 0.25) is 0 Å². The zero-order valence-corrected chi connectivity index (χ0v) is 19.0. The number of hydrogen-bond donors (Lipinski definition) is 3. The summed E-state index contributed by atoms with van der Waals surface area (Å²) in [6, 6.07) is 14.6. The first-order valence-electron chi connectivity index (χ1n) is 11.3. The fourth-order valence-electron chi connectivity index (χ4n) is 3.92. The van der Waals surface area contributed by atoms with E-state index in [1.165, 1.54) is 11.1 Å². The summed E-state index contributed by atoms with van der Waals surface area (Å²) in [4.78, 5) is 7.28. The van der Waals surface area contributed by atoms with E-state index in [0.29, 0.717) is 24.9 Å². The summed E-state index contributed by atoms with van der Waals surface area (Å²) in [6.45, 7) is 11.2. The largest absolute Gasteiger partial charge is 0.504 e. The van der Waals surface area contributed by atoms with E-state index in [1.54, 1.807) is 6.07 Å². The number of aryl methyl sites for hydroxylation is 1. The van der Waals surface area contributed by atoms with Gasteiger partial charge >= 0.3 is 0 Å². The molecular weight excluding hydrogens is 388 g/mol. The zero-order valence-electron chi connectivity index (χ0n) is 19.0. The minimum atomic E-state index is 0.164. The number of piperidine rings is 1. The summed E-state index contributed by atoms with van der Waals surface area (Å²) >= 11 is 0. The van der Waals surface area contributed by atoms with E-state index in [2.05, 4.69) is 53.6 Å². The summed E-state index contributed by atoms with van der Waals surface area (Å²) in [5.41, 5.74) is 3.72. The standard InChI is InChI=1S/C25H36N4O2/c1-4-26-25(27-17-20-9-10-23(30)24(16-20)31-5-2)28-22-11-13-29(14-12-22)18-21-8-6-7-19(3)15-21/h6-10,15-16,22,30H,4-5,11-14,17-18H2,1-3H3,(H2,26,27,28). The van der Waals surface area contributed by atoms with Crippen LogP contribution in [0, 0.1) is 6.92 Å². The summed E-state index contributed by atoms with van der Waals surface area (Å²) in [7, 11) is 0. The van der Waals surface area contributed by atoms with E-state index in [9.17, 15) is 5.11 Å². The van der Waals surface area contributed by atoms with Crippen molar-refractivity contribution >= 4 is 5.96 Å². The van der Waals surface area contributed by atoms with Crippen LogP contribution in [0.1, 0.15) is 43.4 Å². The number of aliphatic imine (C=N–C) groups is 1. The van der Waals surface area contributed by atoms with Gasteiger partial charge in [0.1, 0.15) is 0 Å². The fourth-order valence-corrected chi connectivity index (χ4v) is 3.92. The van der Waals surface area contributed by atoms with Crippen LogP contribution in [0.5, 0.6) is 11.5 Å². The second-order valence-corrected chi connectivity index (χ2v) is 8.11. The molecule has 1 heterocycles. The first-order chi connectivity index (χ1) is 15.1. The molecule has 31 heavy (non-hydrogen) atoms. The minimum Gasteiger partial charge on any atom is -0.504 e. The van der Waals surface area contributed by atoms with Crippen LogP contribution in [0.2, 0.25) is 0 Å². The molecule has 0 saturated carbocycles. The first kappa shape index (κ1) is 22.9. The molecule has 0 aromatic heterocycles. The van der Waals surface area contributed by atoms with Gasteiger partial charge < -0.3 is 20.5 Å². The molecule has 0 spiro atoms. The maximum Gasteiger partial charge on any atom is 0.191 e. The Bertz CT molecular complexity index is 860. The van der Waals surface area contributed by atoms with Gasteiger partial charge in [-0.15, -0.1) is 0 Å². The molecule has 6 heteroatoms. The lowest BCUT2D eigenvalue weighted by Gasteiger charge is -2.33. The number of ether oxygens (including phenoxy) is 1. The number of benzene rings is 2. The minimum absolute atomic E-state index is 0.164. The molecule has 3 rings (SSSR count). The zero-order chi connectivity index (χ0) is 22.1. The molecule has 1 fully saturated rings. The fraction of sp³-hybridized carbons (Fsp3) is 0.480. The number of phenolic OH excluding ortho intramolecular Hbond substituents is 1. The number of nitrogens with one attached hydrogen (secondary N) is 2. The van der Waals surface area contributed by atoms with Gasteiger partial charge in [0.25, 0.3) is 0 Å². The average molecular weight is 425 g/mol. The van der Waals surface area contributed by atoms with Crippen LogP contribution < -0.4 is 15.4 Å². The van der Waals surface area contributed by atoms with Crippen molar-refractivity contribution in [1.29, 1.82) is 0 Å². The van der Waals surface area contributed by atoms with Crippen LogP contribution in [0.25, 0.3) is 0 Å². The van der Waals surface area contributed by atoms with E-state index in [0.717, 1.165) is 50.5 Å². The van der Waals surface area contributed by atoms with Crippen molar-refractivity contribution in [3.05, 3.63) is 59.2 Å². The van der Waals surface area contributed by atoms with Gasteiger partial charge in [-0.2, -0.15) is 0 Å². The van der Waals surface area contributed by atoms with E-state index >= 15 is 0 Å². The normalized spacial score (nSPS) is 15.6. The Labute approximate surface area is 186 Å². The third-order valence-corrected chi connectivity index (χ3v) is 5.51. The van der Waals surface area contributed by atoms with Gasteiger partial charge in [0.05, 0.1) is 13.2 Å². The number of rotatable bonds is 8. The number of hydrogen-bond acceptors (Lipinski definition) is 4. The molecule has 0 unspecified atom stereocenters. The number of likely N-dealkylation sites (tertiary alicyclic amines) is 1. The van der Waals surface area contributed by atoms with Crippen molar-refractivity contribution in [3.8, 4) is 11.5 Å². The Kier molecular flexibility index (Phi) is 8.59. The van der Waals surface area contributed by atoms with Gasteiger partial charge in [-0.05, 0) is 56.9 Å². The van der Waals surface area contributed by atoms with Gasteiger partial charge in [0.15, 0.2) is 17.5 Å². The molecule has 1 aliphatic heterocycles. The summed E-state index contributed by atoms with van der Waals surface area (Å²) in [5, 5.41) is 16.8. The van der Waals surface area contributed by atoms with Crippen molar-refractivity contribution in [2.24, 2.45) is 4.99 Å².